The largest absolute Gasteiger partial charge is 0.464 e. The maximum absolute atomic E-state index is 12.7. The van der Waals surface area contributed by atoms with Gasteiger partial charge >= 0.3 is 5.97 Å². The minimum Gasteiger partial charge on any atom is -0.464 e. The van der Waals surface area contributed by atoms with Crippen molar-refractivity contribution in [2.45, 2.75) is 30.8 Å². The van der Waals surface area contributed by atoms with Crippen LogP contribution in [-0.2, 0) is 24.3 Å². The van der Waals surface area contributed by atoms with E-state index in [4.69, 9.17) is 15.9 Å². The molecule has 1 fully saturated rings. The first kappa shape index (κ1) is 17.5. The van der Waals surface area contributed by atoms with Crippen LogP contribution in [0.3, 0.4) is 0 Å². The molecule has 0 aromatic heterocycles. The Hall–Kier alpha value is -1.88. The van der Waals surface area contributed by atoms with E-state index in [-0.39, 0.29) is 30.8 Å². The fraction of sp³-hybridized carbons (Fsp3) is 0.438. The number of hydrogen-bond donors (Lipinski definition) is 0. The average Bonchev–Trinajstić information content (AvgIpc) is 3.20. The number of esters is 1. The van der Waals surface area contributed by atoms with Crippen molar-refractivity contribution < 1.29 is 22.7 Å². The van der Waals surface area contributed by atoms with E-state index >= 15 is 0 Å². The van der Waals surface area contributed by atoms with Crippen LogP contribution in [0.1, 0.15) is 12.5 Å². The van der Waals surface area contributed by atoms with Crippen LogP contribution >= 0.6 is 0 Å². The van der Waals surface area contributed by atoms with Crippen molar-refractivity contribution in [2.75, 3.05) is 19.8 Å². The molecule has 0 bridgehead atoms. The second kappa shape index (κ2) is 7.13. The molecule has 124 valence electrons. The Morgan fingerprint density at radius 1 is 1.26 bits per heavy atom. The number of hydrogen-bond acceptors (Lipinski definition) is 5. The molecule has 2 rings (SSSR count). The van der Waals surface area contributed by atoms with Gasteiger partial charge in [0.05, 0.1) is 23.6 Å². The van der Waals surface area contributed by atoms with Gasteiger partial charge in [0.25, 0.3) is 0 Å². The maximum Gasteiger partial charge on any atom is 0.302 e. The number of nitrogens with zero attached hydrogens (tertiary/aromatic N) is 1. The van der Waals surface area contributed by atoms with Gasteiger partial charge in [0, 0.05) is 6.92 Å². The number of carbonyl (C=O) groups is 1. The number of benzene rings is 1. The lowest BCUT2D eigenvalue weighted by molar-refractivity contribution is -0.141. The van der Waals surface area contributed by atoms with Crippen molar-refractivity contribution in [1.29, 1.82) is 0 Å². The van der Waals surface area contributed by atoms with Crippen molar-refractivity contribution in [2.24, 2.45) is 0 Å². The Bertz CT molecular complexity index is 705. The molecule has 1 aromatic carbocycles. The molecule has 1 aliphatic heterocycles. The smallest absolute Gasteiger partial charge is 0.302 e. The topological polar surface area (TPSA) is 72.7 Å². The van der Waals surface area contributed by atoms with Crippen LogP contribution in [0, 0.1) is 19.3 Å². The van der Waals surface area contributed by atoms with Crippen LogP contribution in [0.15, 0.2) is 29.2 Å². The number of ether oxygens (including phenoxy) is 2. The molecule has 0 spiro atoms. The van der Waals surface area contributed by atoms with E-state index in [1.54, 1.807) is 24.3 Å². The zero-order chi connectivity index (χ0) is 17.0. The van der Waals surface area contributed by atoms with Crippen LogP contribution in [-0.4, -0.2) is 50.6 Å². The van der Waals surface area contributed by atoms with Crippen LogP contribution in [0.25, 0.3) is 0 Å². The van der Waals surface area contributed by atoms with Crippen molar-refractivity contribution >= 4 is 16.0 Å². The first-order valence-corrected chi connectivity index (χ1v) is 8.56. The second-order valence-electron chi connectivity index (χ2n) is 5.30. The third-order valence-electron chi connectivity index (χ3n) is 3.54. The highest BCUT2D eigenvalue weighted by molar-refractivity contribution is 7.89. The van der Waals surface area contributed by atoms with Gasteiger partial charge < -0.3 is 9.47 Å². The molecule has 23 heavy (non-hydrogen) atoms. The molecule has 0 saturated carbocycles. The SMILES string of the molecule is C#CCOC[C@H]1[C@H](COC(C)=O)N1S(=O)(=O)c1ccc(C)cc1. The molecule has 0 amide bonds. The van der Waals surface area contributed by atoms with Crippen LogP contribution in [0.4, 0.5) is 0 Å². The van der Waals surface area contributed by atoms with E-state index in [1.165, 1.54) is 11.2 Å². The summed E-state index contributed by atoms with van der Waals surface area (Å²) in [5.41, 5.74) is 0.972. The molecule has 1 heterocycles. The lowest BCUT2D eigenvalue weighted by Gasteiger charge is -2.07. The number of aryl methyl sites for hydroxylation is 1. The van der Waals surface area contributed by atoms with Gasteiger partial charge in [-0.1, -0.05) is 23.6 Å². The zero-order valence-electron chi connectivity index (χ0n) is 13.1. The fourth-order valence-corrected chi connectivity index (χ4v) is 4.09. The van der Waals surface area contributed by atoms with Gasteiger partial charge in [0.15, 0.2) is 0 Å². The Morgan fingerprint density at radius 2 is 1.87 bits per heavy atom. The highest BCUT2D eigenvalue weighted by atomic mass is 32.2. The summed E-state index contributed by atoms with van der Waals surface area (Å²) in [6, 6.07) is 5.79. The lowest BCUT2D eigenvalue weighted by atomic mass is 10.2. The second-order valence-corrected chi connectivity index (χ2v) is 7.15. The Kier molecular flexibility index (Phi) is 5.42. The zero-order valence-corrected chi connectivity index (χ0v) is 13.9. The monoisotopic (exact) mass is 337 g/mol. The van der Waals surface area contributed by atoms with E-state index in [2.05, 4.69) is 5.92 Å². The molecule has 0 radical (unpaired) electrons. The van der Waals surface area contributed by atoms with Gasteiger partial charge in [-0.2, -0.15) is 4.31 Å². The average molecular weight is 337 g/mol. The summed E-state index contributed by atoms with van der Waals surface area (Å²) in [7, 11) is -3.66. The summed E-state index contributed by atoms with van der Waals surface area (Å²) in [4.78, 5) is 11.2. The highest BCUT2D eigenvalue weighted by Gasteiger charge is 2.56. The molecule has 6 nitrogen and oxygen atoms in total. The first-order valence-electron chi connectivity index (χ1n) is 7.12. The molecular weight excluding hydrogens is 318 g/mol. The molecule has 1 unspecified atom stereocenters. The summed E-state index contributed by atoms with van der Waals surface area (Å²) in [5, 5.41) is 0. The van der Waals surface area contributed by atoms with E-state index in [1.807, 2.05) is 6.92 Å². The highest BCUT2D eigenvalue weighted by Crippen LogP contribution is 2.36. The minimum absolute atomic E-state index is 0.00447. The van der Waals surface area contributed by atoms with E-state index in [0.717, 1.165) is 5.56 Å². The Balaban J connectivity index is 2.14. The van der Waals surface area contributed by atoms with Gasteiger partial charge in [0.2, 0.25) is 10.0 Å². The molecular formula is C16H19NO5S. The number of sulfonamides is 1. The number of rotatable bonds is 7. The van der Waals surface area contributed by atoms with Gasteiger partial charge in [-0.25, -0.2) is 8.42 Å². The standard InChI is InChI=1S/C16H19NO5S/c1-4-9-21-10-15-16(11-22-13(3)18)17(15)23(19,20)14-7-5-12(2)6-8-14/h1,5-8,15-16H,9-11H2,2-3H3/t15-,16-,17?/m0/s1. The third-order valence-corrected chi connectivity index (χ3v) is 5.50. The Morgan fingerprint density at radius 3 is 2.43 bits per heavy atom. The predicted molar refractivity (Wildman–Crippen MR) is 84.1 cm³/mol. The molecule has 1 aromatic rings. The lowest BCUT2D eigenvalue weighted by Crippen LogP contribution is -2.19. The first-order chi connectivity index (χ1) is 10.9. The van der Waals surface area contributed by atoms with Crippen LogP contribution < -0.4 is 0 Å². The number of terminal acetylenes is 1. The van der Waals surface area contributed by atoms with Gasteiger partial charge in [-0.05, 0) is 19.1 Å². The molecule has 1 saturated heterocycles. The van der Waals surface area contributed by atoms with Crippen molar-refractivity contribution in [3.8, 4) is 12.3 Å². The van der Waals surface area contributed by atoms with E-state index < -0.39 is 22.0 Å². The van der Waals surface area contributed by atoms with Gasteiger partial charge in [-0.3, -0.25) is 4.79 Å². The molecule has 3 atom stereocenters. The summed E-state index contributed by atoms with van der Waals surface area (Å²) in [6.45, 7) is 3.44. The van der Waals surface area contributed by atoms with Crippen molar-refractivity contribution in [3.05, 3.63) is 29.8 Å². The summed E-state index contributed by atoms with van der Waals surface area (Å²) in [5.74, 6) is 1.88. The fourth-order valence-electron chi connectivity index (χ4n) is 2.31. The summed E-state index contributed by atoms with van der Waals surface area (Å²) < 4.78 is 36.9. The quantitative estimate of drug-likeness (QED) is 0.321. The normalized spacial score (nSPS) is 23.1. The van der Waals surface area contributed by atoms with Crippen LogP contribution in [0.5, 0.6) is 0 Å². The molecule has 1 aliphatic rings. The maximum atomic E-state index is 12.7. The van der Waals surface area contributed by atoms with Crippen molar-refractivity contribution in [1.82, 2.24) is 4.31 Å². The van der Waals surface area contributed by atoms with E-state index in [9.17, 15) is 13.2 Å². The Labute approximate surface area is 136 Å². The predicted octanol–water partition coefficient (Wildman–Crippen LogP) is 0.949. The summed E-state index contributed by atoms with van der Waals surface area (Å²) >= 11 is 0. The van der Waals surface area contributed by atoms with Gasteiger partial charge in [0.1, 0.15) is 13.2 Å². The summed E-state index contributed by atoms with van der Waals surface area (Å²) in [6.07, 6.45) is 5.12. The molecule has 0 N–H and O–H groups in total. The van der Waals surface area contributed by atoms with E-state index in [0.29, 0.717) is 0 Å². The van der Waals surface area contributed by atoms with Gasteiger partial charge in [-0.15, -0.1) is 6.42 Å². The third kappa shape index (κ3) is 4.10. The van der Waals surface area contributed by atoms with Crippen molar-refractivity contribution in [3.63, 3.8) is 0 Å². The molecule has 0 aliphatic carbocycles. The minimum atomic E-state index is -3.66. The van der Waals surface area contributed by atoms with Crippen LogP contribution in [0.2, 0.25) is 0 Å². The molecule has 7 heteroatoms. The number of carbonyl (C=O) groups excluding carboxylic acids is 1.